The maximum absolute atomic E-state index is 13.5. The van der Waals surface area contributed by atoms with Gasteiger partial charge in [0.2, 0.25) is 5.91 Å². The van der Waals surface area contributed by atoms with Crippen LogP contribution >= 0.6 is 0 Å². The van der Waals surface area contributed by atoms with Gasteiger partial charge in [-0.1, -0.05) is 6.07 Å². The van der Waals surface area contributed by atoms with Crippen LogP contribution in [0.1, 0.15) is 12.8 Å². The number of amides is 1. The van der Waals surface area contributed by atoms with Gasteiger partial charge in [-0.3, -0.25) is 4.79 Å². The van der Waals surface area contributed by atoms with Crippen LogP contribution in [-0.4, -0.2) is 18.5 Å². The van der Waals surface area contributed by atoms with Crippen LogP contribution in [0.2, 0.25) is 0 Å². The van der Waals surface area contributed by atoms with E-state index in [0.717, 1.165) is 6.07 Å². The number of rotatable bonds is 1. The number of hydrogen-bond donors (Lipinski definition) is 1. The van der Waals surface area contributed by atoms with Gasteiger partial charge in [0.05, 0.1) is 11.7 Å². The van der Waals surface area contributed by atoms with Gasteiger partial charge < -0.3 is 10.6 Å². The van der Waals surface area contributed by atoms with Crippen LogP contribution in [0.4, 0.5) is 14.5 Å². The molecule has 1 unspecified atom stereocenters. The molecular weight excluding hydrogens is 214 g/mol. The summed E-state index contributed by atoms with van der Waals surface area (Å²) in [6, 6.07) is 3.17. The normalized spacial score (nSPS) is 21.3. The Kier molecular flexibility index (Phi) is 2.87. The van der Waals surface area contributed by atoms with Crippen molar-refractivity contribution < 1.29 is 13.6 Å². The van der Waals surface area contributed by atoms with Crippen LogP contribution in [-0.2, 0) is 4.79 Å². The molecule has 0 aromatic heterocycles. The van der Waals surface area contributed by atoms with E-state index < -0.39 is 17.7 Å². The van der Waals surface area contributed by atoms with Gasteiger partial charge in [-0.05, 0) is 25.0 Å². The molecule has 1 fully saturated rings. The molecular formula is C11H12F2N2O. The maximum Gasteiger partial charge on any atom is 0.243 e. The highest BCUT2D eigenvalue weighted by Gasteiger charge is 2.28. The van der Waals surface area contributed by atoms with Crippen molar-refractivity contribution in [3.05, 3.63) is 29.8 Å². The summed E-state index contributed by atoms with van der Waals surface area (Å²) in [5.41, 5.74) is 5.56. The molecule has 1 aromatic rings. The van der Waals surface area contributed by atoms with Crippen molar-refractivity contribution in [1.29, 1.82) is 0 Å². The molecule has 1 heterocycles. The SMILES string of the molecule is NC1CCCN(c2cccc(F)c2F)C1=O. The van der Waals surface area contributed by atoms with Gasteiger partial charge in [0.15, 0.2) is 11.6 Å². The van der Waals surface area contributed by atoms with E-state index in [1.54, 1.807) is 0 Å². The van der Waals surface area contributed by atoms with Crippen LogP contribution < -0.4 is 10.6 Å². The van der Waals surface area contributed by atoms with Crippen molar-refractivity contribution in [3.8, 4) is 0 Å². The fourth-order valence-electron chi connectivity index (χ4n) is 1.84. The molecule has 2 rings (SSSR count). The van der Waals surface area contributed by atoms with E-state index in [4.69, 9.17) is 5.73 Å². The lowest BCUT2D eigenvalue weighted by Gasteiger charge is -2.30. The number of benzene rings is 1. The number of nitrogens with two attached hydrogens (primary N) is 1. The van der Waals surface area contributed by atoms with Crippen molar-refractivity contribution >= 4 is 11.6 Å². The Morgan fingerprint density at radius 2 is 2.12 bits per heavy atom. The molecule has 0 aliphatic carbocycles. The monoisotopic (exact) mass is 226 g/mol. The number of piperidine rings is 1. The second-order valence-corrected chi connectivity index (χ2v) is 3.81. The number of nitrogens with zero attached hydrogens (tertiary/aromatic N) is 1. The standard InChI is InChI=1S/C11H12F2N2O/c12-7-3-1-5-9(10(7)13)15-6-2-4-8(14)11(15)16/h1,3,5,8H,2,4,6,14H2. The van der Waals surface area contributed by atoms with Gasteiger partial charge in [0, 0.05) is 6.54 Å². The lowest BCUT2D eigenvalue weighted by atomic mass is 10.0. The molecule has 2 N–H and O–H groups in total. The van der Waals surface area contributed by atoms with Crippen LogP contribution in [0.5, 0.6) is 0 Å². The number of halogens is 2. The predicted octanol–water partition coefficient (Wildman–Crippen LogP) is 1.42. The minimum absolute atomic E-state index is 0.0276. The van der Waals surface area contributed by atoms with E-state index in [1.807, 2.05) is 0 Å². The van der Waals surface area contributed by atoms with E-state index in [9.17, 15) is 13.6 Å². The van der Waals surface area contributed by atoms with E-state index in [-0.39, 0.29) is 11.6 Å². The summed E-state index contributed by atoms with van der Waals surface area (Å²) < 4.78 is 26.5. The zero-order valence-electron chi connectivity index (χ0n) is 8.62. The highest BCUT2D eigenvalue weighted by atomic mass is 19.2. The van der Waals surface area contributed by atoms with Crippen molar-refractivity contribution in [1.82, 2.24) is 0 Å². The Balaban J connectivity index is 2.36. The first kappa shape index (κ1) is 11.0. The summed E-state index contributed by atoms with van der Waals surface area (Å²) in [6.07, 6.45) is 1.29. The van der Waals surface area contributed by atoms with Gasteiger partial charge in [0.25, 0.3) is 0 Å². The van der Waals surface area contributed by atoms with Crippen LogP contribution in [0, 0.1) is 11.6 Å². The first-order chi connectivity index (χ1) is 7.61. The molecule has 3 nitrogen and oxygen atoms in total. The zero-order chi connectivity index (χ0) is 11.7. The molecule has 86 valence electrons. The van der Waals surface area contributed by atoms with Crippen molar-refractivity contribution in [2.24, 2.45) is 5.73 Å². The van der Waals surface area contributed by atoms with E-state index in [0.29, 0.717) is 19.4 Å². The fourth-order valence-corrected chi connectivity index (χ4v) is 1.84. The minimum atomic E-state index is -0.995. The second kappa shape index (κ2) is 4.17. The predicted molar refractivity (Wildman–Crippen MR) is 55.9 cm³/mol. The molecule has 0 bridgehead atoms. The van der Waals surface area contributed by atoms with Gasteiger partial charge in [-0.15, -0.1) is 0 Å². The Bertz CT molecular complexity index is 422. The second-order valence-electron chi connectivity index (χ2n) is 3.81. The minimum Gasteiger partial charge on any atom is -0.320 e. The zero-order valence-corrected chi connectivity index (χ0v) is 8.62. The largest absolute Gasteiger partial charge is 0.320 e. The maximum atomic E-state index is 13.5. The lowest BCUT2D eigenvalue weighted by Crippen LogP contribution is -2.48. The van der Waals surface area contributed by atoms with Crippen molar-refractivity contribution in [2.45, 2.75) is 18.9 Å². The molecule has 0 spiro atoms. The third-order valence-electron chi connectivity index (χ3n) is 2.70. The highest BCUT2D eigenvalue weighted by molar-refractivity contribution is 5.97. The Morgan fingerprint density at radius 3 is 2.88 bits per heavy atom. The molecule has 0 saturated carbocycles. The number of carbonyl (C=O) groups is 1. The van der Waals surface area contributed by atoms with Gasteiger partial charge in [-0.2, -0.15) is 0 Å². The molecule has 0 radical (unpaired) electrons. The van der Waals surface area contributed by atoms with Gasteiger partial charge in [-0.25, -0.2) is 8.78 Å². The lowest BCUT2D eigenvalue weighted by molar-refractivity contribution is -0.120. The number of carbonyl (C=O) groups excluding carboxylic acids is 1. The van der Waals surface area contributed by atoms with Crippen LogP contribution in [0.15, 0.2) is 18.2 Å². The van der Waals surface area contributed by atoms with E-state index >= 15 is 0 Å². The fraction of sp³-hybridized carbons (Fsp3) is 0.364. The van der Waals surface area contributed by atoms with Gasteiger partial charge >= 0.3 is 0 Å². The summed E-state index contributed by atoms with van der Waals surface area (Å²) in [6.45, 7) is 0.382. The Morgan fingerprint density at radius 1 is 1.38 bits per heavy atom. The number of anilines is 1. The Labute approximate surface area is 91.8 Å². The quantitative estimate of drug-likeness (QED) is 0.787. The molecule has 1 atom stereocenters. The molecule has 1 saturated heterocycles. The smallest absolute Gasteiger partial charge is 0.243 e. The first-order valence-corrected chi connectivity index (χ1v) is 5.12. The van der Waals surface area contributed by atoms with E-state index in [2.05, 4.69) is 0 Å². The van der Waals surface area contributed by atoms with E-state index in [1.165, 1.54) is 17.0 Å². The summed E-state index contributed by atoms with van der Waals surface area (Å²) in [5, 5.41) is 0. The molecule has 1 amide bonds. The number of hydrogen-bond acceptors (Lipinski definition) is 2. The molecule has 1 aliphatic rings. The van der Waals surface area contributed by atoms with Crippen LogP contribution in [0.25, 0.3) is 0 Å². The summed E-state index contributed by atoms with van der Waals surface area (Å²) in [4.78, 5) is 12.9. The summed E-state index contributed by atoms with van der Waals surface area (Å²) in [5.74, 6) is -2.30. The topological polar surface area (TPSA) is 46.3 Å². The van der Waals surface area contributed by atoms with Crippen molar-refractivity contribution in [3.63, 3.8) is 0 Å². The first-order valence-electron chi connectivity index (χ1n) is 5.12. The summed E-state index contributed by atoms with van der Waals surface area (Å²) in [7, 11) is 0. The third kappa shape index (κ3) is 1.78. The summed E-state index contributed by atoms with van der Waals surface area (Å²) >= 11 is 0. The van der Waals surface area contributed by atoms with Crippen LogP contribution in [0.3, 0.4) is 0 Å². The average Bonchev–Trinajstić information content (AvgIpc) is 2.27. The molecule has 5 heteroatoms. The Hall–Kier alpha value is -1.49. The van der Waals surface area contributed by atoms with Gasteiger partial charge in [0.1, 0.15) is 0 Å². The molecule has 1 aromatic carbocycles. The van der Waals surface area contributed by atoms with Crippen molar-refractivity contribution in [2.75, 3.05) is 11.4 Å². The highest BCUT2D eigenvalue weighted by Crippen LogP contribution is 2.24. The molecule has 1 aliphatic heterocycles. The average molecular weight is 226 g/mol. The third-order valence-corrected chi connectivity index (χ3v) is 2.70. The molecule has 16 heavy (non-hydrogen) atoms.